The molecule has 0 N–H and O–H groups in total. The first-order valence-corrected chi connectivity index (χ1v) is 49.7. The van der Waals surface area contributed by atoms with Crippen molar-refractivity contribution in [3.8, 4) is 122 Å². The van der Waals surface area contributed by atoms with Crippen molar-refractivity contribution in [3.63, 3.8) is 0 Å². The summed E-state index contributed by atoms with van der Waals surface area (Å²) in [5, 5.41) is 4.71. The van der Waals surface area contributed by atoms with Crippen molar-refractivity contribution < 1.29 is 4.42 Å². The Morgan fingerprint density at radius 1 is 0.157 bits per heavy atom. The molecule has 24 aromatic rings. The number of para-hydroxylation sites is 2. The summed E-state index contributed by atoms with van der Waals surface area (Å²) >= 11 is 1.90. The molecule has 0 saturated heterocycles. The molecule has 3 nitrogen and oxygen atoms in total. The van der Waals surface area contributed by atoms with Gasteiger partial charge in [-0.05, 0) is 303 Å². The van der Waals surface area contributed by atoms with Crippen molar-refractivity contribution >= 4 is 87.6 Å². The summed E-state index contributed by atoms with van der Waals surface area (Å²) in [4.78, 5) is 5.14. The van der Waals surface area contributed by atoms with E-state index in [0.29, 0.717) is 0 Å². The molecule has 2 aromatic heterocycles. The molecular weight excluding hydrogens is 1710 g/mol. The van der Waals surface area contributed by atoms with E-state index in [0.717, 1.165) is 83.9 Å². The lowest BCUT2D eigenvalue weighted by atomic mass is 9.70. The van der Waals surface area contributed by atoms with Crippen LogP contribution in [-0.4, -0.2) is 0 Å². The third-order valence-electron chi connectivity index (χ3n) is 33.1. The number of benzene rings is 22. The van der Waals surface area contributed by atoms with Gasteiger partial charge in [-0.1, -0.05) is 382 Å². The summed E-state index contributed by atoms with van der Waals surface area (Å²) in [6, 6.07) is 186. The van der Waals surface area contributed by atoms with Gasteiger partial charge in [0.2, 0.25) is 0 Å². The number of hydrogen-bond donors (Lipinski definition) is 0. The predicted octanol–water partition coefficient (Wildman–Crippen LogP) is 35.3. The zero-order chi connectivity index (χ0) is 91.2. The van der Waals surface area contributed by atoms with Crippen LogP contribution < -0.4 is 9.80 Å². The monoisotopic (exact) mass is 1790 g/mol. The zero-order valence-corrected chi connectivity index (χ0v) is 76.7. The van der Waals surface area contributed by atoms with E-state index >= 15 is 0 Å². The molecule has 4 heteroatoms. The summed E-state index contributed by atoms with van der Waals surface area (Å²) in [5.74, 6) is 0. The van der Waals surface area contributed by atoms with Crippen LogP contribution in [0.2, 0.25) is 0 Å². The number of nitrogens with zero attached hydrogens (tertiary/aromatic N) is 2. The molecule has 0 radical (unpaired) electrons. The molecule has 22 aromatic carbocycles. The second-order valence-electron chi connectivity index (χ2n) is 39.2. The minimum atomic E-state index is -0.715. The largest absolute Gasteiger partial charge is 0.455 e. The summed E-state index contributed by atoms with van der Waals surface area (Å²) in [5.41, 5.74) is 53.6. The standard InChI is InChI=1S/C136H80N2OS/c1-14-49-113-92(34-1)93-35-2-15-50-114(93)133(113)119-55-20-7-40-98(119)103-67-63-87(77-125(103)133)137(85-32-27-30-82(72-85)91-47-29-48-109-107-45-12-25-60-129(107)139-131(91)109)90-66-70-106-101-43-10-23-58-122(101)136(128(106)80-90)123-59-24-11-44-102(123)111-74-81(62-71-124(111)136)84-75-110(132-112(76-84)108-46-13-26-61-130(108)140-132)83-31-28-33-86(73-83)138(88-64-68-104-99-41-8-21-56-120(99)134(126(104)78-88)115-51-16-3-36-94(115)95-37-4-17-52-116(95)134)89-65-69-105-100-42-9-22-57-121(100)135(127(105)79-89)117-53-18-5-38-96(117)97-39-6-19-54-118(97)135/h1-80H. The smallest absolute Gasteiger partial charge is 0.143 e. The van der Waals surface area contributed by atoms with E-state index in [-0.39, 0.29) is 0 Å². The molecule has 140 heavy (non-hydrogen) atoms. The first-order valence-electron chi connectivity index (χ1n) is 48.9. The van der Waals surface area contributed by atoms with Gasteiger partial charge < -0.3 is 14.2 Å². The van der Waals surface area contributed by atoms with Crippen LogP contribution in [0.1, 0.15) is 89.0 Å². The molecule has 646 valence electrons. The van der Waals surface area contributed by atoms with Gasteiger partial charge in [-0.2, -0.15) is 0 Å². The van der Waals surface area contributed by atoms with Crippen molar-refractivity contribution in [3.05, 3.63) is 574 Å². The second kappa shape index (κ2) is 28.1. The van der Waals surface area contributed by atoms with Crippen molar-refractivity contribution in [1.82, 2.24) is 0 Å². The van der Waals surface area contributed by atoms with Gasteiger partial charge in [0.25, 0.3) is 0 Å². The quantitative estimate of drug-likeness (QED) is 0.144. The Morgan fingerprint density at radius 2 is 0.436 bits per heavy atom. The highest BCUT2D eigenvalue weighted by Gasteiger charge is 2.57. The summed E-state index contributed by atoms with van der Waals surface area (Å²) < 4.78 is 9.40. The molecule has 0 amide bonds. The first-order chi connectivity index (χ1) is 69.4. The van der Waals surface area contributed by atoms with E-state index in [1.165, 1.54) is 204 Å². The second-order valence-corrected chi connectivity index (χ2v) is 40.3. The van der Waals surface area contributed by atoms with E-state index in [9.17, 15) is 0 Å². The van der Waals surface area contributed by atoms with Crippen LogP contribution in [0.3, 0.4) is 0 Å². The summed E-state index contributed by atoms with van der Waals surface area (Å²) in [7, 11) is 0. The van der Waals surface area contributed by atoms with E-state index in [1.807, 2.05) is 11.3 Å². The minimum absolute atomic E-state index is 0.570. The average Bonchev–Trinajstić information content (AvgIpc) is 1.52. The van der Waals surface area contributed by atoms with Gasteiger partial charge in [0, 0.05) is 76.2 Å². The Kier molecular flexibility index (Phi) is 15.4. The van der Waals surface area contributed by atoms with Crippen LogP contribution in [0.15, 0.2) is 490 Å². The van der Waals surface area contributed by atoms with Gasteiger partial charge >= 0.3 is 0 Å². The van der Waals surface area contributed by atoms with Crippen LogP contribution in [0.5, 0.6) is 0 Å². The minimum Gasteiger partial charge on any atom is -0.455 e. The van der Waals surface area contributed by atoms with Gasteiger partial charge in [-0.25, -0.2) is 0 Å². The summed E-state index contributed by atoms with van der Waals surface area (Å²) in [6.07, 6.45) is 0. The average molecular weight is 1790 g/mol. The number of thiophene rings is 1. The van der Waals surface area contributed by atoms with E-state index in [2.05, 4.69) is 495 Å². The maximum Gasteiger partial charge on any atom is 0.143 e. The van der Waals surface area contributed by atoms with E-state index < -0.39 is 21.7 Å². The molecular formula is C136H80N2OS. The molecule has 8 aliphatic carbocycles. The topological polar surface area (TPSA) is 19.6 Å². The Morgan fingerprint density at radius 3 is 0.814 bits per heavy atom. The van der Waals surface area contributed by atoms with Crippen LogP contribution in [0.25, 0.3) is 165 Å². The number of anilines is 6. The number of furan rings is 1. The lowest BCUT2D eigenvalue weighted by Crippen LogP contribution is -2.26. The van der Waals surface area contributed by atoms with Crippen molar-refractivity contribution in [2.24, 2.45) is 0 Å². The maximum atomic E-state index is 6.88. The molecule has 1 unspecified atom stereocenters. The lowest BCUT2D eigenvalue weighted by molar-refractivity contribution is 0.670. The molecule has 1 atom stereocenters. The zero-order valence-electron chi connectivity index (χ0n) is 75.9. The Bertz CT molecular complexity index is 9280. The SMILES string of the molecule is c1cc(-c2cccc3c2oc2ccccc23)cc(N(c2ccc3c(c2)C2(c4ccccc4-c4ccccc42)c2ccccc2-3)c2ccc3c(c2)C2(c4ccccc4-c4cc(-c5cc(-c6cccc(N(c7ccc8c(c7)C7(c9ccccc9-c9ccccc97)c7ccccc7-8)c7ccc8c(c7)C7(c9ccccc9-c9ccccc97)c7ccccc7-8)c6)c6sc7ccccc7c6c5)ccc42)c2ccccc2-3)c1. The fourth-order valence-electron chi connectivity index (χ4n) is 27.8. The van der Waals surface area contributed by atoms with E-state index in [4.69, 9.17) is 4.42 Å². The highest BCUT2D eigenvalue weighted by atomic mass is 32.1. The number of rotatable bonds is 9. The predicted molar refractivity (Wildman–Crippen MR) is 577 cm³/mol. The lowest BCUT2D eigenvalue weighted by Gasteiger charge is -2.33. The molecule has 2 heterocycles. The molecule has 0 bridgehead atoms. The van der Waals surface area contributed by atoms with Gasteiger partial charge in [0.05, 0.1) is 21.7 Å². The van der Waals surface area contributed by atoms with Gasteiger partial charge in [-0.3, -0.25) is 0 Å². The van der Waals surface area contributed by atoms with Crippen molar-refractivity contribution in [2.45, 2.75) is 21.7 Å². The Balaban J connectivity index is 0.580. The van der Waals surface area contributed by atoms with Crippen LogP contribution in [0, 0.1) is 0 Å². The Hall–Kier alpha value is -17.5. The molecule has 8 aliphatic rings. The van der Waals surface area contributed by atoms with Crippen LogP contribution >= 0.6 is 11.3 Å². The molecule has 0 fully saturated rings. The molecule has 0 aliphatic heterocycles. The molecule has 4 spiro atoms. The third kappa shape index (κ3) is 9.72. The van der Waals surface area contributed by atoms with Gasteiger partial charge in [-0.15, -0.1) is 11.3 Å². The van der Waals surface area contributed by atoms with Crippen LogP contribution in [0.4, 0.5) is 34.1 Å². The van der Waals surface area contributed by atoms with Crippen molar-refractivity contribution in [1.29, 1.82) is 0 Å². The Labute approximate surface area is 814 Å². The molecule has 0 saturated carbocycles. The van der Waals surface area contributed by atoms with Gasteiger partial charge in [0.15, 0.2) is 0 Å². The molecule has 32 rings (SSSR count). The first kappa shape index (κ1) is 76.7. The maximum absolute atomic E-state index is 6.88. The van der Waals surface area contributed by atoms with Gasteiger partial charge in [0.1, 0.15) is 11.2 Å². The van der Waals surface area contributed by atoms with Crippen molar-refractivity contribution in [2.75, 3.05) is 9.80 Å². The fraction of sp³-hybridized carbons (Fsp3) is 0.0294. The van der Waals surface area contributed by atoms with Crippen LogP contribution in [-0.2, 0) is 21.7 Å². The highest BCUT2D eigenvalue weighted by molar-refractivity contribution is 7.26. The summed E-state index contributed by atoms with van der Waals surface area (Å²) in [6.45, 7) is 0. The fourth-order valence-corrected chi connectivity index (χ4v) is 29.0. The number of hydrogen-bond acceptors (Lipinski definition) is 4. The highest BCUT2D eigenvalue weighted by Crippen LogP contribution is 2.70. The normalized spacial score (nSPS) is 15.1. The number of fused-ring (bicyclic) bond motifs is 46. The third-order valence-corrected chi connectivity index (χ3v) is 34.3. The van der Waals surface area contributed by atoms with E-state index in [1.54, 1.807) is 0 Å².